The zero-order valence-corrected chi connectivity index (χ0v) is 15.5. The summed E-state index contributed by atoms with van der Waals surface area (Å²) in [7, 11) is -3.81. The Balaban J connectivity index is 1.82. The third kappa shape index (κ3) is 2.72. The van der Waals surface area contributed by atoms with Crippen LogP contribution in [0.3, 0.4) is 0 Å². The van der Waals surface area contributed by atoms with Crippen molar-refractivity contribution in [3.05, 3.63) is 53.1 Å². The van der Waals surface area contributed by atoms with E-state index in [1.54, 1.807) is 18.2 Å². The predicted molar refractivity (Wildman–Crippen MR) is 98.3 cm³/mol. The van der Waals surface area contributed by atoms with E-state index in [4.69, 9.17) is 4.74 Å². The standard InChI is InChI=1S/C19H20N2O4S/c1-12-3-6-18-17(9-12)21(11-13(2)25-18)26(23,24)15-5-4-14-7-8-20-19(22)16(14)10-15/h3-6,9-10,13H,7-8,11H2,1-2H3,(H,20,22). The maximum absolute atomic E-state index is 13.3. The lowest BCUT2D eigenvalue weighted by Gasteiger charge is -2.34. The number of amides is 1. The zero-order valence-electron chi connectivity index (χ0n) is 14.7. The van der Waals surface area contributed by atoms with Gasteiger partial charge in [-0.25, -0.2) is 8.42 Å². The highest BCUT2D eigenvalue weighted by molar-refractivity contribution is 7.92. The summed E-state index contributed by atoms with van der Waals surface area (Å²) in [5.74, 6) is 0.323. The van der Waals surface area contributed by atoms with Crippen molar-refractivity contribution in [1.82, 2.24) is 5.32 Å². The molecule has 0 radical (unpaired) electrons. The van der Waals surface area contributed by atoms with Crippen LogP contribution < -0.4 is 14.4 Å². The fourth-order valence-electron chi connectivity index (χ4n) is 3.41. The number of hydrogen-bond donors (Lipinski definition) is 1. The van der Waals surface area contributed by atoms with Crippen molar-refractivity contribution in [1.29, 1.82) is 0 Å². The summed E-state index contributed by atoms with van der Waals surface area (Å²) in [5.41, 5.74) is 2.79. The van der Waals surface area contributed by atoms with Crippen molar-refractivity contribution >= 4 is 21.6 Å². The molecule has 2 aliphatic heterocycles. The van der Waals surface area contributed by atoms with Gasteiger partial charge < -0.3 is 10.1 Å². The van der Waals surface area contributed by atoms with Crippen molar-refractivity contribution in [3.8, 4) is 5.75 Å². The van der Waals surface area contributed by atoms with Gasteiger partial charge in [-0.2, -0.15) is 0 Å². The van der Waals surface area contributed by atoms with E-state index in [0.29, 0.717) is 30.0 Å². The van der Waals surface area contributed by atoms with E-state index in [1.165, 1.54) is 10.4 Å². The van der Waals surface area contributed by atoms with Gasteiger partial charge in [0.25, 0.3) is 15.9 Å². The Morgan fingerprint density at radius 3 is 2.81 bits per heavy atom. The third-order valence-electron chi connectivity index (χ3n) is 4.73. The Morgan fingerprint density at radius 1 is 1.19 bits per heavy atom. The zero-order chi connectivity index (χ0) is 18.5. The SMILES string of the molecule is Cc1ccc2c(c1)N(S(=O)(=O)c1ccc3c(c1)C(=O)NCC3)CC(C)O2. The Kier molecular flexibility index (Phi) is 3.91. The fourth-order valence-corrected chi connectivity index (χ4v) is 4.98. The van der Waals surface area contributed by atoms with Gasteiger partial charge in [-0.15, -0.1) is 0 Å². The highest BCUT2D eigenvalue weighted by Gasteiger charge is 2.34. The van der Waals surface area contributed by atoms with Crippen LogP contribution >= 0.6 is 0 Å². The molecule has 1 atom stereocenters. The van der Waals surface area contributed by atoms with E-state index in [-0.39, 0.29) is 23.5 Å². The molecule has 1 N–H and O–H groups in total. The summed E-state index contributed by atoms with van der Waals surface area (Å²) in [6.45, 7) is 4.55. The number of carbonyl (C=O) groups is 1. The number of ether oxygens (including phenoxy) is 1. The number of nitrogens with zero attached hydrogens (tertiary/aromatic N) is 1. The molecule has 0 bridgehead atoms. The quantitative estimate of drug-likeness (QED) is 0.877. The van der Waals surface area contributed by atoms with Gasteiger partial charge in [0.1, 0.15) is 11.9 Å². The number of carbonyl (C=O) groups excluding carboxylic acids is 1. The molecule has 2 heterocycles. The Labute approximate surface area is 152 Å². The first-order valence-corrected chi connectivity index (χ1v) is 10.0. The van der Waals surface area contributed by atoms with Gasteiger partial charge in [0.05, 0.1) is 17.1 Å². The third-order valence-corrected chi connectivity index (χ3v) is 6.50. The summed E-state index contributed by atoms with van der Waals surface area (Å²) in [4.78, 5) is 12.2. The molecular weight excluding hydrogens is 352 g/mol. The molecule has 0 aliphatic carbocycles. The first-order chi connectivity index (χ1) is 12.4. The minimum absolute atomic E-state index is 0.120. The molecule has 7 heteroatoms. The molecule has 2 aliphatic rings. The van der Waals surface area contributed by atoms with E-state index in [0.717, 1.165) is 11.1 Å². The normalized spacial score (nSPS) is 19.2. The maximum atomic E-state index is 13.3. The average Bonchev–Trinajstić information content (AvgIpc) is 2.61. The number of rotatable bonds is 2. The van der Waals surface area contributed by atoms with E-state index in [9.17, 15) is 13.2 Å². The molecule has 1 unspecified atom stereocenters. The number of fused-ring (bicyclic) bond motifs is 2. The van der Waals surface area contributed by atoms with Gasteiger partial charge in [0, 0.05) is 12.1 Å². The predicted octanol–water partition coefficient (Wildman–Crippen LogP) is 2.26. The van der Waals surface area contributed by atoms with Crippen molar-refractivity contribution in [2.75, 3.05) is 17.4 Å². The summed E-state index contributed by atoms with van der Waals surface area (Å²) < 4.78 is 33.8. The molecule has 0 saturated carbocycles. The van der Waals surface area contributed by atoms with Gasteiger partial charge in [-0.1, -0.05) is 12.1 Å². The van der Waals surface area contributed by atoms with Gasteiger partial charge in [0.2, 0.25) is 0 Å². The highest BCUT2D eigenvalue weighted by Crippen LogP contribution is 2.37. The number of benzene rings is 2. The summed E-state index contributed by atoms with van der Waals surface area (Å²) in [5, 5.41) is 2.76. The van der Waals surface area contributed by atoms with E-state index in [2.05, 4.69) is 5.32 Å². The van der Waals surface area contributed by atoms with Crippen molar-refractivity contribution < 1.29 is 17.9 Å². The summed E-state index contributed by atoms with van der Waals surface area (Å²) in [6, 6.07) is 10.3. The van der Waals surface area contributed by atoms with Crippen molar-refractivity contribution in [2.45, 2.75) is 31.3 Å². The first-order valence-electron chi connectivity index (χ1n) is 8.57. The molecule has 2 aromatic carbocycles. The van der Waals surface area contributed by atoms with E-state index in [1.807, 2.05) is 26.0 Å². The molecule has 4 rings (SSSR count). The minimum Gasteiger partial charge on any atom is -0.487 e. The number of anilines is 1. The second-order valence-electron chi connectivity index (χ2n) is 6.76. The van der Waals surface area contributed by atoms with Crippen LogP contribution in [-0.4, -0.2) is 33.5 Å². The summed E-state index contributed by atoms with van der Waals surface area (Å²) in [6.07, 6.45) is 0.443. The molecule has 26 heavy (non-hydrogen) atoms. The molecule has 2 aromatic rings. The largest absolute Gasteiger partial charge is 0.487 e. The molecule has 6 nitrogen and oxygen atoms in total. The van der Waals surface area contributed by atoms with Gasteiger partial charge >= 0.3 is 0 Å². The number of nitrogens with one attached hydrogen (secondary N) is 1. The molecule has 0 spiro atoms. The monoisotopic (exact) mass is 372 g/mol. The lowest BCUT2D eigenvalue weighted by atomic mass is 10.0. The van der Waals surface area contributed by atoms with Crippen molar-refractivity contribution in [2.24, 2.45) is 0 Å². The second-order valence-corrected chi connectivity index (χ2v) is 8.62. The van der Waals surface area contributed by atoms with E-state index < -0.39 is 10.0 Å². The second kappa shape index (κ2) is 6.02. The van der Waals surface area contributed by atoms with Crippen LogP contribution in [0.2, 0.25) is 0 Å². The fraction of sp³-hybridized carbons (Fsp3) is 0.316. The van der Waals surface area contributed by atoms with Crippen LogP contribution in [-0.2, 0) is 16.4 Å². The molecule has 0 aromatic heterocycles. The smallest absolute Gasteiger partial charge is 0.264 e. The number of hydrogen-bond acceptors (Lipinski definition) is 4. The maximum Gasteiger partial charge on any atom is 0.264 e. The summed E-state index contributed by atoms with van der Waals surface area (Å²) >= 11 is 0. The molecule has 136 valence electrons. The van der Waals surface area contributed by atoms with Crippen LogP contribution in [0.1, 0.15) is 28.4 Å². The molecular formula is C19H20N2O4S. The minimum atomic E-state index is -3.81. The van der Waals surface area contributed by atoms with Gasteiger partial charge in [-0.05, 0) is 55.7 Å². The van der Waals surface area contributed by atoms with Crippen molar-refractivity contribution in [3.63, 3.8) is 0 Å². The lowest BCUT2D eigenvalue weighted by Crippen LogP contribution is -2.42. The van der Waals surface area contributed by atoms with Crippen LogP contribution in [0.25, 0.3) is 0 Å². The Morgan fingerprint density at radius 2 is 2.00 bits per heavy atom. The average molecular weight is 372 g/mol. The first kappa shape index (κ1) is 16.9. The lowest BCUT2D eigenvalue weighted by molar-refractivity contribution is 0.0945. The number of sulfonamides is 1. The van der Waals surface area contributed by atoms with Crippen LogP contribution in [0.5, 0.6) is 5.75 Å². The topological polar surface area (TPSA) is 75.7 Å². The van der Waals surface area contributed by atoms with Crippen LogP contribution in [0, 0.1) is 6.92 Å². The van der Waals surface area contributed by atoms with Gasteiger partial charge in [-0.3, -0.25) is 9.10 Å². The van der Waals surface area contributed by atoms with E-state index >= 15 is 0 Å². The van der Waals surface area contributed by atoms with Crippen LogP contribution in [0.15, 0.2) is 41.3 Å². The Bertz CT molecular complexity index is 1000. The number of aryl methyl sites for hydroxylation is 1. The highest BCUT2D eigenvalue weighted by atomic mass is 32.2. The molecule has 0 saturated heterocycles. The molecule has 0 fully saturated rings. The Hall–Kier alpha value is -2.54. The van der Waals surface area contributed by atoms with Gasteiger partial charge in [0.15, 0.2) is 0 Å². The van der Waals surface area contributed by atoms with Crippen LogP contribution in [0.4, 0.5) is 5.69 Å². The molecule has 1 amide bonds.